The summed E-state index contributed by atoms with van der Waals surface area (Å²) in [5.74, 6) is -0.546. The number of carbonyl (C=O) groups excluding carboxylic acids is 1. The molecular weight excluding hydrogens is 320 g/mol. The van der Waals surface area contributed by atoms with Crippen molar-refractivity contribution >= 4 is 5.97 Å². The van der Waals surface area contributed by atoms with E-state index in [1.54, 1.807) is 6.92 Å². The van der Waals surface area contributed by atoms with E-state index in [1.165, 1.54) is 36.4 Å². The third kappa shape index (κ3) is 4.43. The molecule has 0 saturated carbocycles. The van der Waals surface area contributed by atoms with Gasteiger partial charge in [0.2, 0.25) is 0 Å². The molecule has 0 atom stereocenters. The van der Waals surface area contributed by atoms with E-state index in [1.807, 2.05) is 6.07 Å². The fourth-order valence-corrected chi connectivity index (χ4v) is 1.89. The molecule has 0 saturated heterocycles. The molecule has 0 aromatic heterocycles. The van der Waals surface area contributed by atoms with E-state index in [9.17, 15) is 13.6 Å². The zero-order chi connectivity index (χ0) is 17.5. The molecule has 2 rings (SSSR count). The first kappa shape index (κ1) is 17.2. The lowest BCUT2D eigenvalue weighted by molar-refractivity contribution is -0.0499. The number of hydrogen-bond donors (Lipinski definition) is 0. The van der Waals surface area contributed by atoms with Crippen LogP contribution in [0.3, 0.4) is 0 Å². The number of benzene rings is 2. The minimum absolute atomic E-state index is 0.0416. The van der Waals surface area contributed by atoms with Gasteiger partial charge in [-0.05, 0) is 37.3 Å². The Bertz CT molecular complexity index is 771. The van der Waals surface area contributed by atoms with Crippen LogP contribution < -0.4 is 14.2 Å². The van der Waals surface area contributed by atoms with Crippen LogP contribution in [0.2, 0.25) is 0 Å². The standard InChI is InChI=1S/C17H13F2NO4/c1-2-22-15-8-11(10-20)6-7-14(15)24-16(21)12-4-3-5-13(9-12)23-17(18)19/h3-9,17H,2H2,1H3. The van der Waals surface area contributed by atoms with Crippen LogP contribution in [0.4, 0.5) is 8.78 Å². The van der Waals surface area contributed by atoms with Crippen molar-refractivity contribution in [2.75, 3.05) is 6.61 Å². The van der Waals surface area contributed by atoms with Gasteiger partial charge in [0.25, 0.3) is 0 Å². The van der Waals surface area contributed by atoms with E-state index in [2.05, 4.69) is 4.74 Å². The zero-order valence-corrected chi connectivity index (χ0v) is 12.7. The second kappa shape index (κ2) is 7.92. The van der Waals surface area contributed by atoms with Gasteiger partial charge in [0.05, 0.1) is 23.8 Å². The first-order valence-corrected chi connectivity index (χ1v) is 6.97. The maximum absolute atomic E-state index is 12.2. The third-order valence-corrected chi connectivity index (χ3v) is 2.87. The van der Waals surface area contributed by atoms with E-state index >= 15 is 0 Å². The van der Waals surface area contributed by atoms with Gasteiger partial charge >= 0.3 is 12.6 Å². The Morgan fingerprint density at radius 3 is 2.67 bits per heavy atom. The molecule has 0 spiro atoms. The molecule has 0 radical (unpaired) electrons. The summed E-state index contributed by atoms with van der Waals surface area (Å²) < 4.78 is 39.3. The Morgan fingerprint density at radius 1 is 1.21 bits per heavy atom. The largest absolute Gasteiger partial charge is 0.490 e. The number of nitrogens with zero attached hydrogens (tertiary/aromatic N) is 1. The molecule has 5 nitrogen and oxygen atoms in total. The minimum Gasteiger partial charge on any atom is -0.490 e. The molecule has 0 unspecified atom stereocenters. The SMILES string of the molecule is CCOc1cc(C#N)ccc1OC(=O)c1cccc(OC(F)F)c1. The molecule has 0 heterocycles. The summed E-state index contributed by atoms with van der Waals surface area (Å²) in [7, 11) is 0. The second-order valence-corrected chi connectivity index (χ2v) is 4.50. The third-order valence-electron chi connectivity index (χ3n) is 2.87. The number of rotatable bonds is 6. The van der Waals surface area contributed by atoms with Crippen LogP contribution in [0.1, 0.15) is 22.8 Å². The average Bonchev–Trinajstić information content (AvgIpc) is 2.56. The Kier molecular flexibility index (Phi) is 5.68. The topological polar surface area (TPSA) is 68.5 Å². The van der Waals surface area contributed by atoms with Crippen molar-refractivity contribution < 1.29 is 27.8 Å². The monoisotopic (exact) mass is 333 g/mol. The summed E-state index contributed by atoms with van der Waals surface area (Å²) in [6.45, 7) is -0.924. The van der Waals surface area contributed by atoms with Crippen LogP contribution in [0.5, 0.6) is 17.2 Å². The highest BCUT2D eigenvalue weighted by molar-refractivity contribution is 5.91. The average molecular weight is 333 g/mol. The van der Waals surface area contributed by atoms with E-state index < -0.39 is 12.6 Å². The molecule has 0 amide bonds. The molecule has 124 valence electrons. The minimum atomic E-state index is -2.99. The summed E-state index contributed by atoms with van der Waals surface area (Å²) in [6.07, 6.45) is 0. The van der Waals surface area contributed by atoms with Crippen molar-refractivity contribution in [2.45, 2.75) is 13.5 Å². The van der Waals surface area contributed by atoms with Gasteiger partial charge in [-0.15, -0.1) is 0 Å². The summed E-state index contributed by atoms with van der Waals surface area (Å²) in [5, 5.41) is 8.90. The fourth-order valence-electron chi connectivity index (χ4n) is 1.89. The number of halogens is 2. The normalized spacial score (nSPS) is 10.1. The van der Waals surface area contributed by atoms with E-state index in [0.717, 1.165) is 6.07 Å². The molecular formula is C17H13F2NO4. The van der Waals surface area contributed by atoms with Crippen LogP contribution in [-0.2, 0) is 0 Å². The molecule has 0 fully saturated rings. The number of alkyl halides is 2. The summed E-state index contributed by atoms with van der Waals surface area (Å²) in [6, 6.07) is 11.6. The van der Waals surface area contributed by atoms with E-state index in [-0.39, 0.29) is 22.8 Å². The summed E-state index contributed by atoms with van der Waals surface area (Å²) >= 11 is 0. The first-order chi connectivity index (χ1) is 11.5. The van der Waals surface area contributed by atoms with Crippen LogP contribution in [0, 0.1) is 11.3 Å². The maximum Gasteiger partial charge on any atom is 0.387 e. The Hall–Kier alpha value is -3.14. The summed E-state index contributed by atoms with van der Waals surface area (Å²) in [4.78, 5) is 12.2. The molecule has 0 aliphatic heterocycles. The predicted molar refractivity (Wildman–Crippen MR) is 80.4 cm³/mol. The zero-order valence-electron chi connectivity index (χ0n) is 12.7. The second-order valence-electron chi connectivity index (χ2n) is 4.50. The molecule has 24 heavy (non-hydrogen) atoms. The Morgan fingerprint density at radius 2 is 2.00 bits per heavy atom. The van der Waals surface area contributed by atoms with Gasteiger partial charge in [-0.1, -0.05) is 6.07 Å². The molecule has 0 aliphatic carbocycles. The van der Waals surface area contributed by atoms with Crippen molar-refractivity contribution in [3.8, 4) is 23.3 Å². The lowest BCUT2D eigenvalue weighted by atomic mass is 10.2. The maximum atomic E-state index is 12.2. The lowest BCUT2D eigenvalue weighted by Gasteiger charge is -2.11. The van der Waals surface area contributed by atoms with Gasteiger partial charge in [-0.2, -0.15) is 14.0 Å². The smallest absolute Gasteiger partial charge is 0.387 e. The van der Waals surface area contributed by atoms with Crippen LogP contribution >= 0.6 is 0 Å². The Balaban J connectivity index is 2.22. The molecule has 2 aromatic carbocycles. The molecule has 7 heteroatoms. The van der Waals surface area contributed by atoms with Crippen LogP contribution in [0.25, 0.3) is 0 Å². The van der Waals surface area contributed by atoms with Crippen molar-refractivity contribution in [1.82, 2.24) is 0 Å². The van der Waals surface area contributed by atoms with Gasteiger partial charge in [-0.25, -0.2) is 4.79 Å². The highest BCUT2D eigenvalue weighted by Crippen LogP contribution is 2.29. The lowest BCUT2D eigenvalue weighted by Crippen LogP contribution is -2.10. The van der Waals surface area contributed by atoms with Crippen LogP contribution in [0.15, 0.2) is 42.5 Å². The molecule has 2 aromatic rings. The Labute approximate surface area is 137 Å². The van der Waals surface area contributed by atoms with Gasteiger partial charge < -0.3 is 14.2 Å². The highest BCUT2D eigenvalue weighted by Gasteiger charge is 2.15. The number of nitriles is 1. The highest BCUT2D eigenvalue weighted by atomic mass is 19.3. The summed E-state index contributed by atoms with van der Waals surface area (Å²) in [5.41, 5.74) is 0.394. The fraction of sp³-hybridized carbons (Fsp3) is 0.176. The molecule has 0 N–H and O–H groups in total. The molecule has 0 aliphatic rings. The van der Waals surface area contributed by atoms with Crippen molar-refractivity contribution in [1.29, 1.82) is 5.26 Å². The van der Waals surface area contributed by atoms with Crippen molar-refractivity contribution in [2.24, 2.45) is 0 Å². The van der Waals surface area contributed by atoms with Gasteiger partial charge in [0, 0.05) is 6.07 Å². The van der Waals surface area contributed by atoms with Crippen molar-refractivity contribution in [3.05, 3.63) is 53.6 Å². The van der Waals surface area contributed by atoms with E-state index in [0.29, 0.717) is 12.2 Å². The number of carbonyl (C=O) groups is 1. The number of ether oxygens (including phenoxy) is 3. The molecule has 0 bridgehead atoms. The van der Waals surface area contributed by atoms with Crippen molar-refractivity contribution in [3.63, 3.8) is 0 Å². The first-order valence-electron chi connectivity index (χ1n) is 6.97. The van der Waals surface area contributed by atoms with E-state index in [4.69, 9.17) is 14.7 Å². The number of esters is 1. The van der Waals surface area contributed by atoms with Gasteiger partial charge in [-0.3, -0.25) is 0 Å². The van der Waals surface area contributed by atoms with Gasteiger partial charge in [0.15, 0.2) is 11.5 Å². The number of hydrogen-bond acceptors (Lipinski definition) is 5. The predicted octanol–water partition coefficient (Wildman–Crippen LogP) is 3.78. The van der Waals surface area contributed by atoms with Gasteiger partial charge in [0.1, 0.15) is 5.75 Å². The van der Waals surface area contributed by atoms with Crippen LogP contribution in [-0.4, -0.2) is 19.2 Å². The quantitative estimate of drug-likeness (QED) is 0.594.